The molecule has 0 spiro atoms. The van der Waals surface area contributed by atoms with E-state index in [2.05, 4.69) is 6.08 Å². The fraction of sp³-hybridized carbons (Fsp3) is 0.562. The second-order valence-corrected chi connectivity index (χ2v) is 5.76. The van der Waals surface area contributed by atoms with Crippen molar-refractivity contribution in [3.05, 3.63) is 24.3 Å². The van der Waals surface area contributed by atoms with Gasteiger partial charge in [0.05, 0.1) is 12.8 Å². The molecule has 0 aromatic heterocycles. The average molecular weight is 321 g/mol. The highest BCUT2D eigenvalue weighted by Gasteiger charge is 2.26. The van der Waals surface area contributed by atoms with Crippen molar-refractivity contribution in [2.75, 3.05) is 32.8 Å². The summed E-state index contributed by atoms with van der Waals surface area (Å²) in [6.07, 6.45) is 8.43. The number of piperazine rings is 1. The van der Waals surface area contributed by atoms with Crippen molar-refractivity contribution in [3.63, 3.8) is 0 Å². The molecule has 0 saturated carbocycles. The monoisotopic (exact) mass is 321 g/mol. The number of hydrogen-bond acceptors (Lipinski definition) is 6. The van der Waals surface area contributed by atoms with Crippen LogP contribution < -0.4 is 5.73 Å². The molecule has 1 saturated heterocycles. The Labute approximate surface area is 135 Å². The molecule has 126 valence electrons. The highest BCUT2D eigenvalue weighted by atomic mass is 16.6. The number of ether oxygens (including phenoxy) is 1. The third kappa shape index (κ3) is 5.30. The van der Waals surface area contributed by atoms with Gasteiger partial charge in [-0.3, -0.25) is 14.5 Å². The highest BCUT2D eigenvalue weighted by Crippen LogP contribution is 2.13. The zero-order valence-electron chi connectivity index (χ0n) is 13.1. The van der Waals surface area contributed by atoms with Gasteiger partial charge in [-0.25, -0.2) is 4.79 Å². The standard InChI is InChI=1S/C16H23N3O4/c17-15(10-14(21)11-20)18-6-8-19(9-7-18)16(22)23-12-13-4-2-1-3-5-13/h1-4,11,13,15H,5-10,12,17H2. The largest absolute Gasteiger partial charge is 0.449 e. The topological polar surface area (TPSA) is 92.9 Å². The molecule has 1 amide bonds. The van der Waals surface area contributed by atoms with Gasteiger partial charge in [0.1, 0.15) is 0 Å². The van der Waals surface area contributed by atoms with E-state index in [9.17, 15) is 14.4 Å². The van der Waals surface area contributed by atoms with E-state index in [1.807, 2.05) is 23.1 Å². The van der Waals surface area contributed by atoms with Gasteiger partial charge in [-0.15, -0.1) is 0 Å². The van der Waals surface area contributed by atoms with E-state index >= 15 is 0 Å². The third-order valence-electron chi connectivity index (χ3n) is 4.07. The van der Waals surface area contributed by atoms with E-state index in [1.165, 1.54) is 0 Å². The molecule has 2 N–H and O–H groups in total. The minimum atomic E-state index is -0.506. The normalized spacial score (nSPS) is 22.7. The van der Waals surface area contributed by atoms with Crippen LogP contribution in [0.5, 0.6) is 0 Å². The molecular formula is C16H23N3O4. The molecule has 2 unspecified atom stereocenters. The van der Waals surface area contributed by atoms with E-state index in [0.29, 0.717) is 39.1 Å². The molecule has 0 aromatic carbocycles. The number of ketones is 1. The Hall–Kier alpha value is -1.99. The van der Waals surface area contributed by atoms with E-state index in [-0.39, 0.29) is 18.4 Å². The van der Waals surface area contributed by atoms with Crippen LogP contribution in [0.2, 0.25) is 0 Å². The predicted molar refractivity (Wildman–Crippen MR) is 84.5 cm³/mol. The van der Waals surface area contributed by atoms with Crippen LogP contribution in [0.25, 0.3) is 0 Å². The number of aldehydes is 1. The summed E-state index contributed by atoms with van der Waals surface area (Å²) in [5, 5.41) is 0. The molecule has 7 nitrogen and oxygen atoms in total. The van der Waals surface area contributed by atoms with Crippen molar-refractivity contribution in [2.24, 2.45) is 11.7 Å². The number of nitrogens with zero attached hydrogens (tertiary/aromatic N) is 2. The first-order chi connectivity index (χ1) is 11.1. The summed E-state index contributed by atoms with van der Waals surface area (Å²) in [6.45, 7) is 2.51. The lowest BCUT2D eigenvalue weighted by molar-refractivity contribution is -0.130. The maximum Gasteiger partial charge on any atom is 0.409 e. The van der Waals surface area contributed by atoms with Crippen molar-refractivity contribution in [2.45, 2.75) is 19.0 Å². The molecule has 2 atom stereocenters. The van der Waals surface area contributed by atoms with Crippen molar-refractivity contribution >= 4 is 18.2 Å². The third-order valence-corrected chi connectivity index (χ3v) is 4.07. The quantitative estimate of drug-likeness (QED) is 0.559. The van der Waals surface area contributed by atoms with Crippen molar-refractivity contribution < 1.29 is 19.1 Å². The first kappa shape index (κ1) is 17.4. The molecule has 1 fully saturated rings. The number of carbonyl (C=O) groups is 3. The lowest BCUT2D eigenvalue weighted by Gasteiger charge is -2.37. The summed E-state index contributed by atoms with van der Waals surface area (Å²) in [4.78, 5) is 37.1. The van der Waals surface area contributed by atoms with Gasteiger partial charge in [-0.1, -0.05) is 24.3 Å². The lowest BCUT2D eigenvalue weighted by Crippen LogP contribution is -2.55. The van der Waals surface area contributed by atoms with Gasteiger partial charge >= 0.3 is 6.09 Å². The van der Waals surface area contributed by atoms with Crippen molar-refractivity contribution in [3.8, 4) is 0 Å². The molecular weight excluding hydrogens is 298 g/mol. The van der Waals surface area contributed by atoms with Gasteiger partial charge in [0, 0.05) is 38.5 Å². The number of carbonyl (C=O) groups excluding carboxylic acids is 3. The molecule has 0 aromatic rings. The van der Waals surface area contributed by atoms with Crippen LogP contribution in [0, 0.1) is 5.92 Å². The van der Waals surface area contributed by atoms with Crippen LogP contribution in [0.1, 0.15) is 12.8 Å². The molecule has 1 aliphatic carbocycles. The fourth-order valence-electron chi connectivity index (χ4n) is 2.64. The minimum Gasteiger partial charge on any atom is -0.449 e. The van der Waals surface area contributed by atoms with Crippen LogP contribution >= 0.6 is 0 Å². The van der Waals surface area contributed by atoms with Crippen LogP contribution in [-0.4, -0.2) is 66.9 Å². The molecule has 2 aliphatic rings. The SMILES string of the molecule is NC(CC(=O)C=O)N1CCN(C(=O)OCC2C=CC=CC2)CC1. The van der Waals surface area contributed by atoms with E-state index in [0.717, 1.165) is 6.42 Å². The zero-order chi connectivity index (χ0) is 16.7. The Balaban J connectivity index is 1.69. The van der Waals surface area contributed by atoms with E-state index in [4.69, 9.17) is 10.5 Å². The van der Waals surface area contributed by atoms with Crippen LogP contribution in [0.4, 0.5) is 4.79 Å². The van der Waals surface area contributed by atoms with Crippen LogP contribution in [-0.2, 0) is 14.3 Å². The van der Waals surface area contributed by atoms with E-state index in [1.54, 1.807) is 4.90 Å². The molecule has 1 heterocycles. The van der Waals surface area contributed by atoms with Crippen molar-refractivity contribution in [1.29, 1.82) is 0 Å². The van der Waals surface area contributed by atoms with Gasteiger partial charge < -0.3 is 15.4 Å². The Bertz CT molecular complexity index is 496. The summed E-state index contributed by atoms with van der Waals surface area (Å²) >= 11 is 0. The Kier molecular flexibility index (Phi) is 6.49. The molecule has 2 rings (SSSR count). The number of amides is 1. The maximum absolute atomic E-state index is 12.1. The number of allylic oxidation sites excluding steroid dienone is 3. The van der Waals surface area contributed by atoms with Gasteiger partial charge in [-0.05, 0) is 6.42 Å². The summed E-state index contributed by atoms with van der Waals surface area (Å²) in [7, 11) is 0. The second kappa shape index (κ2) is 8.59. The van der Waals surface area contributed by atoms with Crippen LogP contribution in [0.15, 0.2) is 24.3 Å². The van der Waals surface area contributed by atoms with Gasteiger partial charge in [0.25, 0.3) is 0 Å². The first-order valence-corrected chi connectivity index (χ1v) is 7.83. The van der Waals surface area contributed by atoms with Crippen molar-refractivity contribution in [1.82, 2.24) is 9.80 Å². The molecule has 7 heteroatoms. The molecule has 0 radical (unpaired) electrons. The molecule has 1 aliphatic heterocycles. The maximum atomic E-state index is 12.1. The Morgan fingerprint density at radius 2 is 2.00 bits per heavy atom. The summed E-state index contributed by atoms with van der Waals surface area (Å²) < 4.78 is 5.35. The summed E-state index contributed by atoms with van der Waals surface area (Å²) in [5.41, 5.74) is 5.90. The highest BCUT2D eigenvalue weighted by molar-refractivity contribution is 6.25. The summed E-state index contributed by atoms with van der Waals surface area (Å²) in [6, 6.07) is 0. The van der Waals surface area contributed by atoms with Gasteiger partial charge in [-0.2, -0.15) is 0 Å². The number of Topliss-reactive ketones (excluding diaryl/α,β-unsaturated/α-hetero) is 1. The first-order valence-electron chi connectivity index (χ1n) is 7.83. The number of hydrogen-bond donors (Lipinski definition) is 1. The van der Waals surface area contributed by atoms with Crippen LogP contribution in [0.3, 0.4) is 0 Å². The lowest BCUT2D eigenvalue weighted by atomic mass is 10.0. The molecule has 0 bridgehead atoms. The summed E-state index contributed by atoms with van der Waals surface area (Å²) in [5.74, 6) is -0.262. The molecule has 23 heavy (non-hydrogen) atoms. The number of nitrogens with two attached hydrogens (primary N) is 1. The smallest absolute Gasteiger partial charge is 0.409 e. The average Bonchev–Trinajstić information content (AvgIpc) is 2.60. The Morgan fingerprint density at radius 1 is 1.26 bits per heavy atom. The minimum absolute atomic E-state index is 0.00940. The van der Waals surface area contributed by atoms with Gasteiger partial charge in [0.15, 0.2) is 12.1 Å². The van der Waals surface area contributed by atoms with E-state index < -0.39 is 11.9 Å². The Morgan fingerprint density at radius 3 is 2.61 bits per heavy atom. The van der Waals surface area contributed by atoms with Gasteiger partial charge in [0.2, 0.25) is 0 Å². The fourth-order valence-corrected chi connectivity index (χ4v) is 2.64. The number of rotatable bonds is 6. The zero-order valence-corrected chi connectivity index (χ0v) is 13.1. The second-order valence-electron chi connectivity index (χ2n) is 5.76. The predicted octanol–water partition coefficient (Wildman–Crippen LogP) is 0.316.